The fraction of sp³-hybridized carbons (Fsp3) is 0.400. The van der Waals surface area contributed by atoms with Crippen LogP contribution in [0, 0.1) is 11.6 Å². The number of hydrogen-bond donors (Lipinski definition) is 0. The quantitative estimate of drug-likeness (QED) is 0.413. The molecule has 1 heterocycles. The number of benzene rings is 2. The minimum absolute atomic E-state index is 0.0700. The van der Waals surface area contributed by atoms with Gasteiger partial charge in [-0.1, -0.05) is 0 Å². The lowest BCUT2D eigenvalue weighted by molar-refractivity contribution is -0.143. The van der Waals surface area contributed by atoms with Gasteiger partial charge < -0.3 is 9.31 Å². The molecule has 0 spiro atoms. The zero-order valence-electron chi connectivity index (χ0n) is 16.8. The molecule has 0 N–H and O–H groups in total. The Bertz CT molecular complexity index is 963. The first kappa shape index (κ1) is 23.5. The molecule has 0 saturated carbocycles. The van der Waals surface area contributed by atoms with Gasteiger partial charge in [0, 0.05) is 11.6 Å². The van der Waals surface area contributed by atoms with Crippen LogP contribution in [0.4, 0.5) is 35.1 Å². The van der Waals surface area contributed by atoms with Gasteiger partial charge in [-0.2, -0.15) is 26.3 Å². The maximum Gasteiger partial charge on any atom is 0.495 e. The molecule has 2 aromatic carbocycles. The van der Waals surface area contributed by atoms with E-state index < -0.39 is 64.6 Å². The van der Waals surface area contributed by atoms with Gasteiger partial charge in [-0.15, -0.1) is 0 Å². The number of rotatable bonds is 2. The Morgan fingerprint density at radius 1 is 0.710 bits per heavy atom. The van der Waals surface area contributed by atoms with E-state index >= 15 is 0 Å². The summed E-state index contributed by atoms with van der Waals surface area (Å²) in [5.41, 5.74) is -6.95. The topological polar surface area (TPSA) is 18.5 Å². The molecule has 0 radical (unpaired) electrons. The molecule has 1 saturated heterocycles. The fourth-order valence-electron chi connectivity index (χ4n) is 3.15. The van der Waals surface area contributed by atoms with E-state index in [0.29, 0.717) is 18.2 Å². The molecule has 0 bridgehead atoms. The summed E-state index contributed by atoms with van der Waals surface area (Å²) in [5.74, 6) is -2.44. The molecule has 0 aliphatic carbocycles. The molecule has 31 heavy (non-hydrogen) atoms. The van der Waals surface area contributed by atoms with Crippen LogP contribution in [0.1, 0.15) is 38.8 Å². The van der Waals surface area contributed by atoms with Crippen LogP contribution in [-0.4, -0.2) is 18.3 Å². The van der Waals surface area contributed by atoms with Crippen LogP contribution in [0.25, 0.3) is 11.1 Å². The number of hydrogen-bond acceptors (Lipinski definition) is 2. The Morgan fingerprint density at radius 2 is 1.16 bits per heavy atom. The van der Waals surface area contributed by atoms with Crippen molar-refractivity contribution in [3.63, 3.8) is 0 Å². The Morgan fingerprint density at radius 3 is 1.58 bits per heavy atom. The van der Waals surface area contributed by atoms with Gasteiger partial charge >= 0.3 is 19.5 Å². The molecular formula is C20H17BF8O2. The van der Waals surface area contributed by atoms with Crippen molar-refractivity contribution in [2.24, 2.45) is 0 Å². The number of alkyl halides is 6. The van der Waals surface area contributed by atoms with E-state index in [1.807, 2.05) is 0 Å². The molecule has 2 nitrogen and oxygen atoms in total. The molecule has 2 aromatic rings. The van der Waals surface area contributed by atoms with Crippen LogP contribution < -0.4 is 5.46 Å². The lowest BCUT2D eigenvalue weighted by atomic mass is 9.74. The van der Waals surface area contributed by atoms with Crippen molar-refractivity contribution in [2.75, 3.05) is 0 Å². The van der Waals surface area contributed by atoms with Crippen molar-refractivity contribution in [3.05, 3.63) is 53.1 Å². The first-order valence-electron chi connectivity index (χ1n) is 9.07. The smallest absolute Gasteiger partial charge is 0.399 e. The van der Waals surface area contributed by atoms with Crippen molar-refractivity contribution in [3.8, 4) is 11.1 Å². The second-order valence-corrected chi connectivity index (χ2v) is 8.23. The van der Waals surface area contributed by atoms with Crippen LogP contribution in [-0.2, 0) is 21.7 Å². The summed E-state index contributed by atoms with van der Waals surface area (Å²) in [6, 6.07) is 1.83. The van der Waals surface area contributed by atoms with E-state index in [0.717, 1.165) is 6.07 Å². The van der Waals surface area contributed by atoms with Gasteiger partial charge in [0.2, 0.25) is 0 Å². The van der Waals surface area contributed by atoms with Crippen molar-refractivity contribution < 1.29 is 44.4 Å². The molecule has 1 aliphatic rings. The minimum atomic E-state index is -5.13. The molecule has 0 unspecified atom stereocenters. The Labute approximate surface area is 173 Å². The highest BCUT2D eigenvalue weighted by Crippen LogP contribution is 2.41. The van der Waals surface area contributed by atoms with Gasteiger partial charge in [0.25, 0.3) is 0 Å². The van der Waals surface area contributed by atoms with Gasteiger partial charge in [0.15, 0.2) is 0 Å². The second kappa shape index (κ2) is 7.20. The second-order valence-electron chi connectivity index (χ2n) is 8.23. The average Bonchev–Trinajstić information content (AvgIpc) is 2.80. The van der Waals surface area contributed by atoms with Crippen molar-refractivity contribution in [1.82, 2.24) is 0 Å². The van der Waals surface area contributed by atoms with E-state index in [2.05, 4.69) is 0 Å². The summed E-state index contributed by atoms with van der Waals surface area (Å²) in [5, 5.41) is 0. The van der Waals surface area contributed by atoms with Crippen LogP contribution in [0.3, 0.4) is 0 Å². The Kier molecular flexibility index (Phi) is 5.46. The summed E-state index contributed by atoms with van der Waals surface area (Å²) in [6.07, 6.45) is -10.3. The first-order valence-corrected chi connectivity index (χ1v) is 9.07. The SMILES string of the molecule is CC1(C)OB(c2cc(F)cc(F)c2-c2cc(C(F)(F)F)cc(C(F)(F)F)c2)OC1(C)C. The Hall–Kier alpha value is -2.14. The van der Waals surface area contributed by atoms with Gasteiger partial charge in [-0.25, -0.2) is 8.78 Å². The molecule has 3 rings (SSSR count). The van der Waals surface area contributed by atoms with Crippen LogP contribution >= 0.6 is 0 Å². The third kappa shape index (κ3) is 4.43. The summed E-state index contributed by atoms with van der Waals surface area (Å²) in [7, 11) is -1.42. The monoisotopic (exact) mass is 452 g/mol. The highest BCUT2D eigenvalue weighted by atomic mass is 19.4. The maximum absolute atomic E-state index is 14.8. The van der Waals surface area contributed by atoms with E-state index in [-0.39, 0.29) is 11.5 Å². The molecule has 1 fully saturated rings. The first-order chi connectivity index (χ1) is 13.9. The molecular weight excluding hydrogens is 435 g/mol. The van der Waals surface area contributed by atoms with Crippen LogP contribution in [0.5, 0.6) is 0 Å². The molecule has 0 amide bonds. The largest absolute Gasteiger partial charge is 0.495 e. The van der Waals surface area contributed by atoms with Gasteiger partial charge in [-0.3, -0.25) is 0 Å². The highest BCUT2D eigenvalue weighted by molar-refractivity contribution is 6.63. The molecule has 11 heteroatoms. The van der Waals surface area contributed by atoms with Crippen LogP contribution in [0.15, 0.2) is 30.3 Å². The van der Waals surface area contributed by atoms with Crippen molar-refractivity contribution in [2.45, 2.75) is 51.2 Å². The maximum atomic E-state index is 14.8. The minimum Gasteiger partial charge on any atom is -0.399 e. The van der Waals surface area contributed by atoms with Gasteiger partial charge in [0.05, 0.1) is 22.3 Å². The average molecular weight is 452 g/mol. The molecule has 0 aromatic heterocycles. The third-order valence-corrected chi connectivity index (χ3v) is 5.47. The predicted octanol–water partition coefficient (Wildman–Crippen LogP) is 5.97. The van der Waals surface area contributed by atoms with Crippen LogP contribution in [0.2, 0.25) is 0 Å². The zero-order valence-corrected chi connectivity index (χ0v) is 16.8. The summed E-state index contributed by atoms with van der Waals surface area (Å²) < 4.78 is 120. The lowest BCUT2D eigenvalue weighted by Gasteiger charge is -2.32. The third-order valence-electron chi connectivity index (χ3n) is 5.47. The summed E-state index contributed by atoms with van der Waals surface area (Å²) >= 11 is 0. The standard InChI is InChI=1S/C20H17BF8O2/c1-17(2)18(3,4)31-21(30-17)14-8-13(22)9-15(23)16(14)10-5-11(19(24,25)26)7-12(6-10)20(27,28)29/h5-9H,1-4H3. The van der Waals surface area contributed by atoms with E-state index in [4.69, 9.17) is 9.31 Å². The molecule has 0 atom stereocenters. The number of halogens is 8. The Balaban J connectivity index is 2.27. The molecule has 1 aliphatic heterocycles. The van der Waals surface area contributed by atoms with Gasteiger partial charge in [-0.05, 0) is 63.0 Å². The lowest BCUT2D eigenvalue weighted by Crippen LogP contribution is -2.41. The zero-order chi connectivity index (χ0) is 23.6. The fourth-order valence-corrected chi connectivity index (χ4v) is 3.15. The van der Waals surface area contributed by atoms with E-state index in [9.17, 15) is 35.1 Å². The van der Waals surface area contributed by atoms with Crippen molar-refractivity contribution >= 4 is 12.6 Å². The van der Waals surface area contributed by atoms with Crippen molar-refractivity contribution in [1.29, 1.82) is 0 Å². The molecule has 168 valence electrons. The summed E-state index contributed by atoms with van der Waals surface area (Å²) in [4.78, 5) is 0. The van der Waals surface area contributed by atoms with E-state index in [1.165, 1.54) is 0 Å². The summed E-state index contributed by atoms with van der Waals surface area (Å²) in [6.45, 7) is 6.53. The highest BCUT2D eigenvalue weighted by Gasteiger charge is 2.52. The van der Waals surface area contributed by atoms with E-state index in [1.54, 1.807) is 27.7 Å². The normalized spacial score (nSPS) is 18.5. The predicted molar refractivity (Wildman–Crippen MR) is 97.5 cm³/mol. The van der Waals surface area contributed by atoms with Gasteiger partial charge in [0.1, 0.15) is 11.6 Å².